The number of nitrogen functional groups attached to an aromatic ring is 1. The highest BCUT2D eigenvalue weighted by atomic mass is 32.1. The van der Waals surface area contributed by atoms with E-state index in [1.54, 1.807) is 0 Å². The number of fused-ring (bicyclic) bond motifs is 1. The average Bonchev–Trinajstić information content (AvgIpc) is 2.68. The number of nitrogens with two attached hydrogens (primary N) is 1. The van der Waals surface area contributed by atoms with E-state index >= 15 is 0 Å². The van der Waals surface area contributed by atoms with Crippen molar-refractivity contribution < 1.29 is 9.53 Å². The molecule has 2 rings (SSSR count). The van der Waals surface area contributed by atoms with Crippen molar-refractivity contribution in [2.45, 2.75) is 6.92 Å². The first-order valence-electron chi connectivity index (χ1n) is 5.10. The van der Waals surface area contributed by atoms with Crippen molar-refractivity contribution in [1.82, 2.24) is 0 Å². The van der Waals surface area contributed by atoms with Gasteiger partial charge in [0.15, 0.2) is 5.78 Å². The molecule has 0 spiro atoms. The van der Waals surface area contributed by atoms with E-state index in [2.05, 4.69) is 0 Å². The Balaban J connectivity index is 2.28. The molecule has 0 aliphatic rings. The van der Waals surface area contributed by atoms with Crippen LogP contribution in [0.15, 0.2) is 24.3 Å². The summed E-state index contributed by atoms with van der Waals surface area (Å²) < 4.78 is 6.18. The Bertz CT molecular complexity index is 519. The van der Waals surface area contributed by atoms with Gasteiger partial charge in [-0.3, -0.25) is 4.79 Å². The number of benzene rings is 1. The van der Waals surface area contributed by atoms with Gasteiger partial charge in [-0.2, -0.15) is 0 Å². The van der Waals surface area contributed by atoms with Crippen molar-refractivity contribution >= 4 is 32.9 Å². The number of carbonyl (C=O) groups is 1. The minimum absolute atomic E-state index is 0.0293. The molecule has 0 bridgehead atoms. The smallest absolute Gasteiger partial charge is 0.198 e. The fourth-order valence-electron chi connectivity index (χ4n) is 1.47. The van der Waals surface area contributed by atoms with Gasteiger partial charge in [0.25, 0.3) is 0 Å². The van der Waals surface area contributed by atoms with Crippen LogP contribution in [0, 0.1) is 0 Å². The first-order valence-corrected chi connectivity index (χ1v) is 5.92. The molecule has 1 aromatic carbocycles. The van der Waals surface area contributed by atoms with E-state index in [-0.39, 0.29) is 12.4 Å². The molecular weight excluding hydrogens is 222 g/mol. The van der Waals surface area contributed by atoms with E-state index in [0.717, 1.165) is 15.0 Å². The summed E-state index contributed by atoms with van der Waals surface area (Å²) in [5.74, 6) is 0.0293. The van der Waals surface area contributed by atoms with Gasteiger partial charge in [-0.15, -0.1) is 11.3 Å². The normalized spacial score (nSPS) is 10.8. The third kappa shape index (κ3) is 2.23. The van der Waals surface area contributed by atoms with Gasteiger partial charge in [0, 0.05) is 17.0 Å². The molecule has 0 saturated heterocycles. The lowest BCUT2D eigenvalue weighted by molar-refractivity contribution is 0.0787. The molecule has 3 nitrogen and oxygen atoms in total. The minimum atomic E-state index is 0.0293. The molecule has 2 N–H and O–H groups in total. The van der Waals surface area contributed by atoms with Gasteiger partial charge in [-0.05, 0) is 36.6 Å². The van der Waals surface area contributed by atoms with Gasteiger partial charge in [-0.1, -0.05) is 0 Å². The predicted octanol–water partition coefficient (Wildman–Crippen LogP) is 2.70. The maximum Gasteiger partial charge on any atom is 0.198 e. The van der Waals surface area contributed by atoms with E-state index in [0.29, 0.717) is 12.3 Å². The van der Waals surface area contributed by atoms with Crippen molar-refractivity contribution in [3.8, 4) is 0 Å². The molecule has 2 aromatic rings. The van der Waals surface area contributed by atoms with Crippen LogP contribution in [0.3, 0.4) is 0 Å². The molecule has 0 aliphatic heterocycles. The lowest BCUT2D eigenvalue weighted by Crippen LogP contribution is -2.06. The molecule has 0 amide bonds. The zero-order valence-electron chi connectivity index (χ0n) is 9.03. The van der Waals surface area contributed by atoms with Crippen LogP contribution in [0.5, 0.6) is 0 Å². The van der Waals surface area contributed by atoms with Crippen LogP contribution in [0.1, 0.15) is 16.6 Å². The lowest BCUT2D eigenvalue weighted by Gasteiger charge is -1.96. The third-order valence-electron chi connectivity index (χ3n) is 2.25. The highest BCUT2D eigenvalue weighted by Gasteiger charge is 2.10. The topological polar surface area (TPSA) is 52.3 Å². The quantitative estimate of drug-likeness (QED) is 0.654. The summed E-state index contributed by atoms with van der Waals surface area (Å²) in [4.78, 5) is 12.4. The maximum absolute atomic E-state index is 11.7. The Hall–Kier alpha value is -1.39. The molecule has 0 aliphatic carbocycles. The number of thiophene rings is 1. The number of carbonyl (C=O) groups excluding carboxylic acids is 1. The Labute approximate surface area is 97.8 Å². The fraction of sp³-hybridized carbons (Fsp3) is 0.250. The van der Waals surface area contributed by atoms with E-state index in [1.807, 2.05) is 31.2 Å². The first kappa shape index (κ1) is 11.1. The summed E-state index contributed by atoms with van der Waals surface area (Å²) in [6, 6.07) is 7.53. The second kappa shape index (κ2) is 4.63. The van der Waals surface area contributed by atoms with Gasteiger partial charge in [0.05, 0.1) is 4.88 Å². The van der Waals surface area contributed by atoms with Crippen LogP contribution >= 0.6 is 11.3 Å². The zero-order chi connectivity index (χ0) is 11.5. The standard InChI is InChI=1S/C12H13NO2S/c1-2-15-7-10(14)12-6-8-5-9(13)3-4-11(8)16-12/h3-6H,2,7,13H2,1H3. The van der Waals surface area contributed by atoms with E-state index < -0.39 is 0 Å². The van der Waals surface area contributed by atoms with Gasteiger partial charge in [0.1, 0.15) is 6.61 Å². The Morgan fingerprint density at radius 3 is 3.00 bits per heavy atom. The van der Waals surface area contributed by atoms with E-state index in [1.165, 1.54) is 11.3 Å². The van der Waals surface area contributed by atoms with Crippen molar-refractivity contribution in [3.63, 3.8) is 0 Å². The first-order chi connectivity index (χ1) is 7.70. The summed E-state index contributed by atoms with van der Waals surface area (Å²) in [6.45, 7) is 2.58. The van der Waals surface area contributed by atoms with Crippen LogP contribution in [0.2, 0.25) is 0 Å². The predicted molar refractivity (Wildman–Crippen MR) is 67.1 cm³/mol. The Morgan fingerprint density at radius 2 is 2.25 bits per heavy atom. The summed E-state index contributed by atoms with van der Waals surface area (Å²) in [5, 5.41) is 1.02. The molecule has 0 atom stereocenters. The molecule has 0 fully saturated rings. The average molecular weight is 235 g/mol. The number of ketones is 1. The second-order valence-electron chi connectivity index (χ2n) is 3.47. The van der Waals surface area contributed by atoms with Gasteiger partial charge >= 0.3 is 0 Å². The SMILES string of the molecule is CCOCC(=O)c1cc2cc(N)ccc2s1. The van der Waals surface area contributed by atoms with Crippen LogP contribution in [0.25, 0.3) is 10.1 Å². The number of rotatable bonds is 4. The minimum Gasteiger partial charge on any atom is -0.399 e. The Morgan fingerprint density at radius 1 is 1.44 bits per heavy atom. The van der Waals surface area contributed by atoms with Crippen molar-refractivity contribution in [2.24, 2.45) is 0 Å². The van der Waals surface area contributed by atoms with Crippen LogP contribution < -0.4 is 5.73 Å². The number of Topliss-reactive ketones (excluding diaryl/α,β-unsaturated/α-hetero) is 1. The highest BCUT2D eigenvalue weighted by Crippen LogP contribution is 2.27. The van der Waals surface area contributed by atoms with Gasteiger partial charge in [-0.25, -0.2) is 0 Å². The van der Waals surface area contributed by atoms with Crippen LogP contribution in [0.4, 0.5) is 5.69 Å². The zero-order valence-corrected chi connectivity index (χ0v) is 9.84. The summed E-state index contributed by atoms with van der Waals surface area (Å²) >= 11 is 1.48. The van der Waals surface area contributed by atoms with Crippen LogP contribution in [-0.2, 0) is 4.74 Å². The summed E-state index contributed by atoms with van der Waals surface area (Å²) in [7, 11) is 0. The molecule has 16 heavy (non-hydrogen) atoms. The number of ether oxygens (including phenoxy) is 1. The van der Waals surface area contributed by atoms with Gasteiger partial charge in [0.2, 0.25) is 0 Å². The Kier molecular flexibility index (Phi) is 3.22. The molecular formula is C12H13NO2S. The summed E-state index contributed by atoms with van der Waals surface area (Å²) in [5.41, 5.74) is 6.40. The van der Waals surface area contributed by atoms with E-state index in [9.17, 15) is 4.79 Å². The number of hydrogen-bond acceptors (Lipinski definition) is 4. The molecule has 0 radical (unpaired) electrons. The molecule has 0 saturated carbocycles. The van der Waals surface area contributed by atoms with Crippen molar-refractivity contribution in [3.05, 3.63) is 29.1 Å². The summed E-state index contributed by atoms with van der Waals surface area (Å²) in [6.07, 6.45) is 0. The number of anilines is 1. The molecule has 1 heterocycles. The monoisotopic (exact) mass is 235 g/mol. The van der Waals surface area contributed by atoms with Gasteiger partial charge < -0.3 is 10.5 Å². The van der Waals surface area contributed by atoms with Crippen molar-refractivity contribution in [1.29, 1.82) is 0 Å². The van der Waals surface area contributed by atoms with Crippen molar-refractivity contribution in [2.75, 3.05) is 18.9 Å². The third-order valence-corrected chi connectivity index (χ3v) is 3.41. The molecule has 0 unspecified atom stereocenters. The maximum atomic E-state index is 11.7. The molecule has 1 aromatic heterocycles. The molecule has 4 heteroatoms. The highest BCUT2D eigenvalue weighted by molar-refractivity contribution is 7.20. The second-order valence-corrected chi connectivity index (χ2v) is 4.55. The number of hydrogen-bond donors (Lipinski definition) is 1. The molecule has 84 valence electrons. The van der Waals surface area contributed by atoms with E-state index in [4.69, 9.17) is 10.5 Å². The largest absolute Gasteiger partial charge is 0.399 e. The van der Waals surface area contributed by atoms with Crippen LogP contribution in [-0.4, -0.2) is 19.0 Å². The fourth-order valence-corrected chi connectivity index (χ4v) is 2.43. The lowest BCUT2D eigenvalue weighted by atomic mass is 10.2.